The van der Waals surface area contributed by atoms with Gasteiger partial charge in [0, 0.05) is 12.1 Å². The molecule has 1 atom stereocenters. The van der Waals surface area contributed by atoms with E-state index in [-0.39, 0.29) is 19.0 Å². The highest BCUT2D eigenvalue weighted by Crippen LogP contribution is 2.15. The van der Waals surface area contributed by atoms with Gasteiger partial charge in [-0.05, 0) is 25.2 Å². The van der Waals surface area contributed by atoms with E-state index in [4.69, 9.17) is 9.15 Å². The fourth-order valence-corrected chi connectivity index (χ4v) is 2.62. The molecule has 1 heterocycles. The molecule has 0 saturated heterocycles. The molecule has 0 spiro atoms. The van der Waals surface area contributed by atoms with Gasteiger partial charge < -0.3 is 14.3 Å². The van der Waals surface area contributed by atoms with Crippen molar-refractivity contribution < 1.29 is 18.7 Å². The van der Waals surface area contributed by atoms with Crippen LogP contribution in [0.3, 0.4) is 0 Å². The van der Waals surface area contributed by atoms with Gasteiger partial charge in [0.25, 0.3) is 0 Å². The van der Waals surface area contributed by atoms with Gasteiger partial charge in [0.15, 0.2) is 5.58 Å². The first-order valence-corrected chi connectivity index (χ1v) is 8.14. The molecule has 0 amide bonds. The lowest BCUT2D eigenvalue weighted by Gasteiger charge is -2.19. The summed E-state index contributed by atoms with van der Waals surface area (Å²) in [5, 5.41) is 10.1. The van der Waals surface area contributed by atoms with Gasteiger partial charge in [-0.25, -0.2) is 9.37 Å². The van der Waals surface area contributed by atoms with Crippen molar-refractivity contribution >= 4 is 11.1 Å². The van der Waals surface area contributed by atoms with Gasteiger partial charge in [-0.1, -0.05) is 30.3 Å². The Labute approximate surface area is 145 Å². The van der Waals surface area contributed by atoms with E-state index < -0.39 is 6.10 Å². The van der Waals surface area contributed by atoms with Crippen LogP contribution in [0, 0.1) is 5.82 Å². The van der Waals surface area contributed by atoms with Gasteiger partial charge in [-0.15, -0.1) is 0 Å². The minimum atomic E-state index is -0.679. The van der Waals surface area contributed by atoms with E-state index in [1.54, 1.807) is 18.2 Å². The average molecular weight is 344 g/mol. The van der Waals surface area contributed by atoms with E-state index in [2.05, 4.69) is 4.98 Å². The van der Waals surface area contributed by atoms with Crippen LogP contribution in [0.5, 0.6) is 0 Å². The molecule has 132 valence electrons. The summed E-state index contributed by atoms with van der Waals surface area (Å²) >= 11 is 0. The second kappa shape index (κ2) is 8.20. The lowest BCUT2D eigenvalue weighted by atomic mass is 10.2. The van der Waals surface area contributed by atoms with Crippen LogP contribution in [0.1, 0.15) is 11.5 Å². The Morgan fingerprint density at radius 1 is 1.20 bits per heavy atom. The van der Waals surface area contributed by atoms with Crippen LogP contribution in [0.4, 0.5) is 4.39 Å². The fraction of sp³-hybridized carbons (Fsp3) is 0.316. The molecule has 0 saturated carbocycles. The number of fused-ring (bicyclic) bond motifs is 1. The van der Waals surface area contributed by atoms with Crippen LogP contribution in [0.15, 0.2) is 52.9 Å². The molecule has 0 aliphatic carbocycles. The van der Waals surface area contributed by atoms with Crippen LogP contribution in [-0.4, -0.2) is 41.3 Å². The molecule has 0 aliphatic heterocycles. The molecule has 5 nitrogen and oxygen atoms in total. The van der Waals surface area contributed by atoms with Crippen molar-refractivity contribution in [2.45, 2.75) is 19.3 Å². The Bertz CT molecular complexity index is 788. The van der Waals surface area contributed by atoms with Gasteiger partial charge >= 0.3 is 0 Å². The number of aliphatic hydroxyl groups is 1. The van der Waals surface area contributed by atoms with Crippen molar-refractivity contribution in [2.75, 3.05) is 20.2 Å². The van der Waals surface area contributed by atoms with Crippen molar-refractivity contribution in [3.8, 4) is 0 Å². The predicted molar refractivity (Wildman–Crippen MR) is 92.4 cm³/mol. The maximum Gasteiger partial charge on any atom is 0.209 e. The Balaban J connectivity index is 1.44. The number of hydrogen-bond donors (Lipinski definition) is 1. The first kappa shape index (κ1) is 17.5. The third-order valence-electron chi connectivity index (χ3n) is 3.79. The number of halogens is 1. The number of aliphatic hydroxyl groups excluding tert-OH is 1. The number of para-hydroxylation sites is 2. The predicted octanol–water partition coefficient (Wildman–Crippen LogP) is 2.98. The Morgan fingerprint density at radius 2 is 1.96 bits per heavy atom. The van der Waals surface area contributed by atoms with Gasteiger partial charge in [0.05, 0.1) is 25.9 Å². The Hall–Kier alpha value is -2.28. The summed E-state index contributed by atoms with van der Waals surface area (Å²) in [6, 6.07) is 14.0. The first-order chi connectivity index (χ1) is 12.1. The second-order valence-corrected chi connectivity index (χ2v) is 6.03. The van der Waals surface area contributed by atoms with Crippen LogP contribution in [0.25, 0.3) is 11.1 Å². The van der Waals surface area contributed by atoms with Crippen LogP contribution >= 0.6 is 0 Å². The number of nitrogens with zero attached hydrogens (tertiary/aromatic N) is 2. The van der Waals surface area contributed by atoms with E-state index >= 15 is 0 Å². The number of rotatable bonds is 8. The van der Waals surface area contributed by atoms with E-state index in [1.165, 1.54) is 6.07 Å². The lowest BCUT2D eigenvalue weighted by Crippen LogP contribution is -2.32. The van der Waals surface area contributed by atoms with Gasteiger partial charge in [-0.3, -0.25) is 4.90 Å². The molecule has 1 N–H and O–H groups in total. The monoisotopic (exact) mass is 344 g/mol. The number of ether oxygens (including phenoxy) is 1. The standard InChI is InChI=1S/C19H21FN2O3/c1-22(11-19-21-17-8-4-5-9-18(17)25-19)10-15(23)13-24-12-14-6-2-3-7-16(14)20/h2-9,15,23H,10-13H2,1H3. The van der Waals surface area contributed by atoms with Crippen molar-refractivity contribution in [1.82, 2.24) is 9.88 Å². The minimum Gasteiger partial charge on any atom is -0.439 e. The number of benzene rings is 2. The van der Waals surface area contributed by atoms with Crippen molar-refractivity contribution in [3.05, 3.63) is 65.8 Å². The molecule has 1 unspecified atom stereocenters. The number of likely N-dealkylation sites (N-methyl/N-ethyl adjacent to an activating group) is 1. The molecule has 6 heteroatoms. The molecule has 25 heavy (non-hydrogen) atoms. The highest BCUT2D eigenvalue weighted by atomic mass is 19.1. The number of hydrogen-bond acceptors (Lipinski definition) is 5. The molecule has 3 rings (SSSR count). The Kier molecular flexibility index (Phi) is 5.75. The summed E-state index contributed by atoms with van der Waals surface area (Å²) in [5.41, 5.74) is 2.05. The quantitative estimate of drug-likeness (QED) is 0.681. The molecule has 0 aliphatic rings. The molecule has 3 aromatic rings. The summed E-state index contributed by atoms with van der Waals surface area (Å²) in [7, 11) is 1.87. The van der Waals surface area contributed by atoms with Crippen LogP contribution in [0.2, 0.25) is 0 Å². The average Bonchev–Trinajstić information content (AvgIpc) is 2.98. The van der Waals surface area contributed by atoms with E-state index in [9.17, 15) is 9.50 Å². The zero-order chi connectivity index (χ0) is 17.6. The second-order valence-electron chi connectivity index (χ2n) is 6.03. The highest BCUT2D eigenvalue weighted by Gasteiger charge is 2.13. The Morgan fingerprint density at radius 3 is 2.76 bits per heavy atom. The number of oxazole rings is 1. The summed E-state index contributed by atoms with van der Waals surface area (Å²) in [6.07, 6.45) is -0.679. The third-order valence-corrected chi connectivity index (χ3v) is 3.79. The molecule has 0 fully saturated rings. The van der Waals surface area contributed by atoms with Crippen molar-refractivity contribution in [1.29, 1.82) is 0 Å². The molecule has 1 aromatic heterocycles. The summed E-state index contributed by atoms with van der Waals surface area (Å²) in [4.78, 5) is 6.31. The molecular formula is C19H21FN2O3. The van der Waals surface area contributed by atoms with Gasteiger partial charge in [-0.2, -0.15) is 0 Å². The summed E-state index contributed by atoms with van der Waals surface area (Å²) in [5.74, 6) is 0.299. The maximum atomic E-state index is 13.5. The smallest absolute Gasteiger partial charge is 0.209 e. The molecule has 2 aromatic carbocycles. The molecule has 0 radical (unpaired) electrons. The van der Waals surface area contributed by atoms with Crippen molar-refractivity contribution in [2.24, 2.45) is 0 Å². The van der Waals surface area contributed by atoms with Crippen LogP contribution < -0.4 is 0 Å². The van der Waals surface area contributed by atoms with E-state index in [0.717, 1.165) is 11.1 Å². The zero-order valence-electron chi connectivity index (χ0n) is 14.1. The lowest BCUT2D eigenvalue weighted by molar-refractivity contribution is 0.0110. The van der Waals surface area contributed by atoms with Gasteiger partial charge in [0.1, 0.15) is 11.3 Å². The van der Waals surface area contributed by atoms with Crippen molar-refractivity contribution in [3.63, 3.8) is 0 Å². The fourth-order valence-electron chi connectivity index (χ4n) is 2.62. The normalized spacial score (nSPS) is 12.8. The maximum absolute atomic E-state index is 13.5. The van der Waals surface area contributed by atoms with E-state index in [1.807, 2.05) is 36.2 Å². The largest absolute Gasteiger partial charge is 0.439 e. The summed E-state index contributed by atoms with van der Waals surface area (Å²) < 4.78 is 24.6. The zero-order valence-corrected chi connectivity index (χ0v) is 14.1. The summed E-state index contributed by atoms with van der Waals surface area (Å²) in [6.45, 7) is 1.15. The highest BCUT2D eigenvalue weighted by molar-refractivity contribution is 5.72. The topological polar surface area (TPSA) is 58.7 Å². The van der Waals surface area contributed by atoms with Gasteiger partial charge in [0.2, 0.25) is 5.89 Å². The third kappa shape index (κ3) is 4.85. The van der Waals surface area contributed by atoms with E-state index in [0.29, 0.717) is 24.5 Å². The molecular weight excluding hydrogens is 323 g/mol. The number of aromatic nitrogens is 1. The SMILES string of the molecule is CN(Cc1nc2ccccc2o1)CC(O)COCc1ccccc1F. The molecule has 0 bridgehead atoms. The first-order valence-electron chi connectivity index (χ1n) is 8.14. The minimum absolute atomic E-state index is 0.131. The van der Waals surface area contributed by atoms with Crippen LogP contribution in [-0.2, 0) is 17.9 Å².